The van der Waals surface area contributed by atoms with Crippen LogP contribution >= 0.6 is 0 Å². The van der Waals surface area contributed by atoms with Crippen molar-refractivity contribution in [3.8, 4) is 5.75 Å². The van der Waals surface area contributed by atoms with Crippen LogP contribution in [0, 0.1) is 0 Å². The Bertz CT molecular complexity index is 385. The van der Waals surface area contributed by atoms with E-state index in [-0.39, 0.29) is 0 Å². The van der Waals surface area contributed by atoms with Gasteiger partial charge in [-0.15, -0.1) is 0 Å². The summed E-state index contributed by atoms with van der Waals surface area (Å²) in [5.74, 6) is 1.55. The Morgan fingerprint density at radius 3 is 2.45 bits per heavy atom. The third kappa shape index (κ3) is 4.82. The second-order valence-electron chi connectivity index (χ2n) is 5.99. The molecule has 0 N–H and O–H groups in total. The maximum Gasteiger partial charge on any atom is 0.119 e. The van der Waals surface area contributed by atoms with Crippen LogP contribution in [0.1, 0.15) is 64.4 Å². The van der Waals surface area contributed by atoms with Gasteiger partial charge in [0.15, 0.2) is 0 Å². The van der Waals surface area contributed by atoms with Crippen LogP contribution in [0.15, 0.2) is 24.3 Å². The van der Waals surface area contributed by atoms with Crippen LogP contribution in [0.5, 0.6) is 5.75 Å². The fourth-order valence-electron chi connectivity index (χ4n) is 2.57. The second kappa shape index (κ2) is 7.68. The van der Waals surface area contributed by atoms with Crippen molar-refractivity contribution in [1.82, 2.24) is 0 Å². The first-order valence-corrected chi connectivity index (χ1v) is 8.09. The van der Waals surface area contributed by atoms with Gasteiger partial charge in [0, 0.05) is 0 Å². The van der Waals surface area contributed by atoms with Crippen LogP contribution in [0.2, 0.25) is 0 Å². The van der Waals surface area contributed by atoms with Crippen LogP contribution in [0.4, 0.5) is 0 Å². The Morgan fingerprint density at radius 2 is 1.85 bits per heavy atom. The molecule has 2 rings (SSSR count). The zero-order valence-electron chi connectivity index (χ0n) is 13.1. The molecule has 20 heavy (non-hydrogen) atoms. The monoisotopic (exact) mass is 276 g/mol. The van der Waals surface area contributed by atoms with E-state index in [4.69, 9.17) is 9.47 Å². The van der Waals surface area contributed by atoms with Crippen molar-refractivity contribution in [3.05, 3.63) is 29.8 Å². The van der Waals surface area contributed by atoms with E-state index in [0.717, 1.165) is 25.2 Å². The van der Waals surface area contributed by atoms with Crippen molar-refractivity contribution >= 4 is 0 Å². The first kappa shape index (κ1) is 15.4. The summed E-state index contributed by atoms with van der Waals surface area (Å²) in [6.07, 6.45) is 7.06. The van der Waals surface area contributed by atoms with E-state index in [1.807, 2.05) is 0 Å². The Balaban J connectivity index is 1.71. The lowest BCUT2D eigenvalue weighted by Gasteiger charge is -2.12. The predicted molar refractivity (Wildman–Crippen MR) is 83.4 cm³/mol. The van der Waals surface area contributed by atoms with Gasteiger partial charge in [-0.2, -0.15) is 0 Å². The molecule has 1 saturated heterocycles. The summed E-state index contributed by atoms with van der Waals surface area (Å²) in [6, 6.07) is 8.59. The van der Waals surface area contributed by atoms with E-state index >= 15 is 0 Å². The van der Waals surface area contributed by atoms with Gasteiger partial charge in [0.1, 0.15) is 5.75 Å². The Labute approximate surface area is 123 Å². The Kier molecular flexibility index (Phi) is 5.90. The van der Waals surface area contributed by atoms with Gasteiger partial charge in [-0.05, 0) is 43.4 Å². The third-order valence-electron chi connectivity index (χ3n) is 4.14. The van der Waals surface area contributed by atoms with Crippen LogP contribution in [0.25, 0.3) is 0 Å². The number of hydrogen-bond donors (Lipinski definition) is 0. The Hall–Kier alpha value is -1.02. The molecule has 1 aromatic rings. The first-order valence-electron chi connectivity index (χ1n) is 8.09. The highest BCUT2D eigenvalue weighted by molar-refractivity contribution is 5.29. The number of hydrogen-bond acceptors (Lipinski definition) is 2. The molecule has 0 amide bonds. The molecule has 0 aliphatic carbocycles. The number of benzene rings is 1. The molecular formula is C18H28O2. The van der Waals surface area contributed by atoms with Crippen molar-refractivity contribution in [3.63, 3.8) is 0 Å². The number of unbranched alkanes of at least 4 members (excludes halogenated alkanes) is 3. The minimum atomic E-state index is 0.461. The highest BCUT2D eigenvalue weighted by atomic mass is 16.6. The molecule has 3 atom stereocenters. The normalized spacial score (nSPS) is 22.6. The average Bonchev–Trinajstić information content (AvgIpc) is 3.14. The molecule has 0 saturated carbocycles. The number of epoxide rings is 1. The molecule has 112 valence electrons. The van der Waals surface area contributed by atoms with Gasteiger partial charge in [0.05, 0.1) is 18.8 Å². The van der Waals surface area contributed by atoms with Crippen LogP contribution in [-0.4, -0.2) is 18.8 Å². The molecule has 1 aromatic carbocycles. The molecule has 0 radical (unpaired) electrons. The van der Waals surface area contributed by atoms with E-state index in [1.54, 1.807) is 0 Å². The van der Waals surface area contributed by atoms with E-state index in [2.05, 4.69) is 45.0 Å². The third-order valence-corrected chi connectivity index (χ3v) is 4.14. The summed E-state index contributed by atoms with van der Waals surface area (Å²) in [6.45, 7) is 7.48. The maximum atomic E-state index is 5.77. The molecule has 0 spiro atoms. The molecule has 3 unspecified atom stereocenters. The summed E-state index contributed by atoms with van der Waals surface area (Å²) >= 11 is 0. The summed E-state index contributed by atoms with van der Waals surface area (Å²) in [4.78, 5) is 0. The highest BCUT2D eigenvalue weighted by Crippen LogP contribution is 2.32. The van der Waals surface area contributed by atoms with Gasteiger partial charge in [-0.25, -0.2) is 0 Å². The minimum absolute atomic E-state index is 0.461. The van der Waals surface area contributed by atoms with Gasteiger partial charge in [0.2, 0.25) is 0 Å². The fraction of sp³-hybridized carbons (Fsp3) is 0.667. The summed E-state index contributed by atoms with van der Waals surface area (Å²) in [5.41, 5.74) is 1.38. The summed E-state index contributed by atoms with van der Waals surface area (Å²) in [7, 11) is 0. The maximum absolute atomic E-state index is 5.77. The van der Waals surface area contributed by atoms with Crippen molar-refractivity contribution in [2.24, 2.45) is 0 Å². The lowest BCUT2D eigenvalue weighted by Crippen LogP contribution is -2.01. The fourth-order valence-corrected chi connectivity index (χ4v) is 2.57. The van der Waals surface area contributed by atoms with E-state index in [0.29, 0.717) is 18.1 Å². The largest absolute Gasteiger partial charge is 0.494 e. The lowest BCUT2D eigenvalue weighted by molar-refractivity contribution is 0.305. The van der Waals surface area contributed by atoms with Crippen molar-refractivity contribution in [2.75, 3.05) is 6.61 Å². The summed E-state index contributed by atoms with van der Waals surface area (Å²) < 4.78 is 11.3. The van der Waals surface area contributed by atoms with Crippen molar-refractivity contribution < 1.29 is 9.47 Å². The zero-order valence-corrected chi connectivity index (χ0v) is 13.1. The quantitative estimate of drug-likeness (QED) is 0.471. The summed E-state index contributed by atoms with van der Waals surface area (Å²) in [5, 5.41) is 0. The first-order chi connectivity index (χ1) is 9.70. The number of ether oxygens (including phenoxy) is 2. The van der Waals surface area contributed by atoms with Crippen molar-refractivity contribution in [1.29, 1.82) is 0 Å². The second-order valence-corrected chi connectivity index (χ2v) is 5.99. The predicted octanol–water partition coefficient (Wildman–Crippen LogP) is 4.93. The average molecular weight is 276 g/mol. The minimum Gasteiger partial charge on any atom is -0.494 e. The Morgan fingerprint density at radius 1 is 1.15 bits per heavy atom. The van der Waals surface area contributed by atoms with E-state index < -0.39 is 0 Å². The van der Waals surface area contributed by atoms with Crippen LogP contribution in [0.3, 0.4) is 0 Å². The van der Waals surface area contributed by atoms with Crippen molar-refractivity contribution in [2.45, 2.75) is 71.0 Å². The zero-order chi connectivity index (χ0) is 14.4. The van der Waals surface area contributed by atoms with E-state index in [1.165, 1.54) is 24.8 Å². The van der Waals surface area contributed by atoms with Crippen LogP contribution < -0.4 is 4.74 Å². The molecule has 2 heteroatoms. The van der Waals surface area contributed by atoms with Gasteiger partial charge < -0.3 is 9.47 Å². The van der Waals surface area contributed by atoms with Crippen LogP contribution in [-0.2, 0) is 4.74 Å². The van der Waals surface area contributed by atoms with Gasteiger partial charge in [0.25, 0.3) is 0 Å². The SMILES string of the molecule is CCCCCCOc1ccc(C(C)CC2OC2C)cc1. The van der Waals surface area contributed by atoms with Gasteiger partial charge in [-0.1, -0.05) is 45.2 Å². The van der Waals surface area contributed by atoms with Gasteiger partial charge >= 0.3 is 0 Å². The molecule has 1 aliphatic rings. The topological polar surface area (TPSA) is 21.8 Å². The standard InChI is InChI=1S/C18H28O2/c1-4-5-6-7-12-19-17-10-8-16(9-11-17)14(2)13-18-15(3)20-18/h8-11,14-15,18H,4-7,12-13H2,1-3H3. The highest BCUT2D eigenvalue weighted by Gasteiger charge is 2.35. The molecule has 1 heterocycles. The molecule has 0 bridgehead atoms. The molecular weight excluding hydrogens is 248 g/mol. The smallest absolute Gasteiger partial charge is 0.119 e. The number of rotatable bonds is 9. The van der Waals surface area contributed by atoms with E-state index in [9.17, 15) is 0 Å². The molecule has 0 aromatic heterocycles. The van der Waals surface area contributed by atoms with Gasteiger partial charge in [-0.3, -0.25) is 0 Å². The lowest BCUT2D eigenvalue weighted by atomic mass is 9.95. The molecule has 1 fully saturated rings. The molecule has 2 nitrogen and oxygen atoms in total. The molecule has 1 aliphatic heterocycles.